The van der Waals surface area contributed by atoms with Gasteiger partial charge in [-0.3, -0.25) is 9.59 Å². The monoisotopic (exact) mass is 341 g/mol. The van der Waals surface area contributed by atoms with Crippen LogP contribution in [0.25, 0.3) is 0 Å². The van der Waals surface area contributed by atoms with Crippen molar-refractivity contribution < 1.29 is 27.5 Å². The molecule has 24 heavy (non-hydrogen) atoms. The van der Waals surface area contributed by atoms with Crippen LogP contribution in [0.3, 0.4) is 0 Å². The molecule has 2 atom stereocenters. The molecule has 0 spiro atoms. The van der Waals surface area contributed by atoms with E-state index in [2.05, 4.69) is 0 Å². The number of halogens is 3. The van der Waals surface area contributed by atoms with Crippen molar-refractivity contribution in [2.75, 3.05) is 20.2 Å². The molecule has 1 amide bonds. The Balaban J connectivity index is 1.86. The number of ether oxygens (including phenoxy) is 1. The normalized spacial score (nSPS) is 26.3. The number of benzene rings is 1. The van der Waals surface area contributed by atoms with E-state index in [0.717, 1.165) is 25.0 Å². The minimum absolute atomic E-state index is 0.267. The van der Waals surface area contributed by atoms with Crippen molar-refractivity contribution >= 4 is 11.9 Å². The van der Waals surface area contributed by atoms with Gasteiger partial charge in [-0.25, -0.2) is 0 Å². The number of nitrogens with zero attached hydrogens (tertiary/aromatic N) is 1. The maximum absolute atomic E-state index is 12.8. The first-order valence-electron chi connectivity index (χ1n) is 7.85. The highest BCUT2D eigenvalue weighted by Crippen LogP contribution is 2.61. The lowest BCUT2D eigenvalue weighted by atomic mass is 9.96. The van der Waals surface area contributed by atoms with Crippen LogP contribution in [-0.2, 0) is 20.5 Å². The molecule has 0 N–H and O–H groups in total. The van der Waals surface area contributed by atoms with Crippen molar-refractivity contribution in [3.05, 3.63) is 35.4 Å². The zero-order valence-electron chi connectivity index (χ0n) is 13.2. The Morgan fingerprint density at radius 3 is 2.25 bits per heavy atom. The smallest absolute Gasteiger partial charge is 0.416 e. The third-order valence-corrected chi connectivity index (χ3v) is 4.93. The summed E-state index contributed by atoms with van der Waals surface area (Å²) in [6.45, 7) is 1.22. The van der Waals surface area contributed by atoms with Gasteiger partial charge in [-0.1, -0.05) is 12.1 Å². The lowest BCUT2D eigenvalue weighted by Crippen LogP contribution is -2.40. The van der Waals surface area contributed by atoms with Crippen LogP contribution >= 0.6 is 0 Å². The number of amides is 1. The summed E-state index contributed by atoms with van der Waals surface area (Å²) in [6.07, 6.45) is -2.34. The largest absolute Gasteiger partial charge is 0.468 e. The molecular weight excluding hydrogens is 323 g/mol. The standard InChI is InChI=1S/C17H18F3NO3/c1-24-15(23)16(14(22)21-8-2-3-9-21)10-13(16)11-4-6-12(7-5-11)17(18,19)20/h4-7,13H,2-3,8-10H2,1H3. The number of rotatable bonds is 3. The van der Waals surface area contributed by atoms with Crippen LogP contribution < -0.4 is 0 Å². The topological polar surface area (TPSA) is 46.6 Å². The summed E-state index contributed by atoms with van der Waals surface area (Å²) < 4.78 is 42.8. The first-order chi connectivity index (χ1) is 11.3. The number of methoxy groups -OCH3 is 1. The molecule has 1 aromatic rings. The molecular formula is C17H18F3NO3. The van der Waals surface area contributed by atoms with Crippen LogP contribution in [0.4, 0.5) is 13.2 Å². The predicted octanol–water partition coefficient (Wildman–Crippen LogP) is 2.97. The van der Waals surface area contributed by atoms with Crippen molar-refractivity contribution in [2.24, 2.45) is 5.41 Å². The summed E-state index contributed by atoms with van der Waals surface area (Å²) in [4.78, 5) is 26.7. The lowest BCUT2D eigenvalue weighted by Gasteiger charge is -2.22. The van der Waals surface area contributed by atoms with Gasteiger partial charge in [0.15, 0.2) is 5.41 Å². The molecule has 0 aromatic heterocycles. The Hall–Kier alpha value is -2.05. The Labute approximate surface area is 137 Å². The van der Waals surface area contributed by atoms with Gasteiger partial charge in [0.25, 0.3) is 0 Å². The number of hydrogen-bond acceptors (Lipinski definition) is 3. The Bertz CT molecular complexity index is 650. The summed E-state index contributed by atoms with van der Waals surface area (Å²) in [6, 6.07) is 4.65. The molecule has 130 valence electrons. The Morgan fingerprint density at radius 1 is 1.17 bits per heavy atom. The Morgan fingerprint density at radius 2 is 1.75 bits per heavy atom. The summed E-state index contributed by atoms with van der Waals surface area (Å²) in [5, 5.41) is 0. The second kappa shape index (κ2) is 5.79. The molecule has 1 heterocycles. The maximum atomic E-state index is 12.8. The Kier molecular flexibility index (Phi) is 4.05. The van der Waals surface area contributed by atoms with Gasteiger partial charge in [0.05, 0.1) is 12.7 Å². The second-order valence-corrected chi connectivity index (χ2v) is 6.34. The molecule has 1 saturated heterocycles. The van der Waals surface area contributed by atoms with Crippen molar-refractivity contribution in [1.82, 2.24) is 4.90 Å². The molecule has 0 bridgehead atoms. The highest BCUT2D eigenvalue weighted by molar-refractivity contribution is 6.07. The van der Waals surface area contributed by atoms with E-state index in [0.29, 0.717) is 18.7 Å². The predicted molar refractivity (Wildman–Crippen MR) is 79.1 cm³/mol. The molecule has 3 rings (SSSR count). The van der Waals surface area contributed by atoms with E-state index in [9.17, 15) is 22.8 Å². The molecule has 1 aliphatic heterocycles. The van der Waals surface area contributed by atoms with E-state index in [1.807, 2.05) is 0 Å². The maximum Gasteiger partial charge on any atom is 0.416 e. The van der Waals surface area contributed by atoms with Gasteiger partial charge >= 0.3 is 12.1 Å². The third-order valence-electron chi connectivity index (χ3n) is 4.93. The number of esters is 1. The molecule has 0 radical (unpaired) electrons. The van der Waals surface area contributed by atoms with Crippen LogP contribution in [0.15, 0.2) is 24.3 Å². The van der Waals surface area contributed by atoms with Crippen LogP contribution in [0, 0.1) is 5.41 Å². The summed E-state index contributed by atoms with van der Waals surface area (Å²) in [5.74, 6) is -1.30. The summed E-state index contributed by atoms with van der Waals surface area (Å²) >= 11 is 0. The highest BCUT2D eigenvalue weighted by Gasteiger charge is 2.68. The van der Waals surface area contributed by atoms with Gasteiger partial charge in [0, 0.05) is 19.0 Å². The number of carbonyl (C=O) groups excluding carboxylic acids is 2. The van der Waals surface area contributed by atoms with Crippen molar-refractivity contribution in [3.8, 4) is 0 Å². The molecule has 1 aromatic carbocycles. The van der Waals surface area contributed by atoms with Crippen LogP contribution in [0.2, 0.25) is 0 Å². The van der Waals surface area contributed by atoms with E-state index in [1.165, 1.54) is 19.2 Å². The first-order valence-corrected chi connectivity index (χ1v) is 7.85. The molecule has 2 fully saturated rings. The van der Waals surface area contributed by atoms with E-state index >= 15 is 0 Å². The second-order valence-electron chi connectivity index (χ2n) is 6.34. The minimum Gasteiger partial charge on any atom is -0.468 e. The highest BCUT2D eigenvalue weighted by atomic mass is 19.4. The number of hydrogen-bond donors (Lipinski definition) is 0. The molecule has 1 aliphatic carbocycles. The van der Waals surface area contributed by atoms with Crippen molar-refractivity contribution in [3.63, 3.8) is 0 Å². The number of likely N-dealkylation sites (tertiary alicyclic amines) is 1. The fraction of sp³-hybridized carbons (Fsp3) is 0.529. The van der Waals surface area contributed by atoms with E-state index in [4.69, 9.17) is 4.74 Å². The van der Waals surface area contributed by atoms with Gasteiger partial charge in [0.2, 0.25) is 5.91 Å². The fourth-order valence-corrected chi connectivity index (χ4v) is 3.50. The van der Waals surface area contributed by atoms with E-state index in [1.54, 1.807) is 4.90 Å². The van der Waals surface area contributed by atoms with Gasteiger partial charge in [0.1, 0.15) is 0 Å². The number of carbonyl (C=O) groups is 2. The van der Waals surface area contributed by atoms with Crippen molar-refractivity contribution in [2.45, 2.75) is 31.4 Å². The summed E-state index contributed by atoms with van der Waals surface area (Å²) in [7, 11) is 1.23. The first kappa shape index (κ1) is 16.8. The van der Waals surface area contributed by atoms with Crippen LogP contribution in [0.1, 0.15) is 36.3 Å². The fourth-order valence-electron chi connectivity index (χ4n) is 3.50. The average Bonchev–Trinajstić information content (AvgIpc) is 3.08. The molecule has 7 heteroatoms. The quantitative estimate of drug-likeness (QED) is 0.627. The summed E-state index contributed by atoms with van der Waals surface area (Å²) in [5.41, 5.74) is -1.47. The van der Waals surface area contributed by atoms with E-state index in [-0.39, 0.29) is 12.3 Å². The van der Waals surface area contributed by atoms with E-state index < -0.39 is 29.0 Å². The number of alkyl halides is 3. The molecule has 4 nitrogen and oxygen atoms in total. The molecule has 2 aliphatic rings. The SMILES string of the molecule is COC(=O)C1(C(=O)N2CCCC2)CC1c1ccc(C(F)(F)F)cc1. The zero-order chi connectivity index (χ0) is 17.5. The van der Waals surface area contributed by atoms with Gasteiger partial charge in [-0.15, -0.1) is 0 Å². The average molecular weight is 341 g/mol. The van der Waals surface area contributed by atoms with Gasteiger partial charge in [-0.2, -0.15) is 13.2 Å². The van der Waals surface area contributed by atoms with Crippen LogP contribution in [0.5, 0.6) is 0 Å². The third kappa shape index (κ3) is 2.65. The minimum atomic E-state index is -4.41. The zero-order valence-corrected chi connectivity index (χ0v) is 13.2. The van der Waals surface area contributed by atoms with Crippen molar-refractivity contribution in [1.29, 1.82) is 0 Å². The lowest BCUT2D eigenvalue weighted by molar-refractivity contribution is -0.156. The van der Waals surface area contributed by atoms with Gasteiger partial charge < -0.3 is 9.64 Å². The molecule has 2 unspecified atom stereocenters. The molecule has 1 saturated carbocycles. The van der Waals surface area contributed by atoms with Gasteiger partial charge in [-0.05, 0) is 37.0 Å². The van der Waals surface area contributed by atoms with Crippen LogP contribution in [-0.4, -0.2) is 37.0 Å².